The highest BCUT2D eigenvalue weighted by Crippen LogP contribution is 2.44. The molecule has 2 atom stereocenters. The molecule has 2 aromatic carbocycles. The summed E-state index contributed by atoms with van der Waals surface area (Å²) in [5.41, 5.74) is 4.47. The molecule has 0 spiro atoms. The fraction of sp³-hybridized carbons (Fsp3) is 0.423. The summed E-state index contributed by atoms with van der Waals surface area (Å²) < 4.78 is 10.7. The number of alkyl carbamates (subject to hydrolysis) is 1. The quantitative estimate of drug-likeness (QED) is 0.549. The number of nitrogens with zero attached hydrogens (tertiary/aromatic N) is 1. The Morgan fingerprint density at radius 1 is 1.09 bits per heavy atom. The van der Waals surface area contributed by atoms with Crippen LogP contribution >= 0.6 is 0 Å². The predicted molar refractivity (Wildman–Crippen MR) is 125 cm³/mol. The molecule has 180 valence electrons. The Labute approximate surface area is 198 Å². The largest absolute Gasteiger partial charge is 0.480 e. The van der Waals surface area contributed by atoms with Crippen molar-refractivity contribution < 1.29 is 29.0 Å². The van der Waals surface area contributed by atoms with Crippen LogP contribution in [0.2, 0.25) is 0 Å². The number of hydrogen-bond acceptors (Lipinski definition) is 5. The van der Waals surface area contributed by atoms with Gasteiger partial charge in [0.2, 0.25) is 5.91 Å². The maximum Gasteiger partial charge on any atom is 0.407 e. The number of nitrogens with one attached hydrogen (secondary N) is 1. The van der Waals surface area contributed by atoms with Gasteiger partial charge in [-0.1, -0.05) is 48.5 Å². The van der Waals surface area contributed by atoms with Crippen molar-refractivity contribution in [3.05, 3.63) is 59.7 Å². The minimum Gasteiger partial charge on any atom is -0.480 e. The first kappa shape index (κ1) is 23.8. The van der Waals surface area contributed by atoms with Crippen LogP contribution in [-0.4, -0.2) is 66.9 Å². The summed E-state index contributed by atoms with van der Waals surface area (Å²) in [6.45, 7) is 0.932. The molecule has 1 fully saturated rings. The van der Waals surface area contributed by atoms with E-state index in [1.54, 1.807) is 7.11 Å². The number of aliphatic carboxylic acids is 1. The molecule has 1 aliphatic carbocycles. The van der Waals surface area contributed by atoms with Gasteiger partial charge in [0.05, 0.1) is 0 Å². The van der Waals surface area contributed by atoms with Gasteiger partial charge in [0, 0.05) is 26.2 Å². The molecule has 2 aromatic rings. The molecular formula is C26H30N2O6. The van der Waals surface area contributed by atoms with Gasteiger partial charge >= 0.3 is 12.1 Å². The normalized spacial score (nSPS) is 17.7. The Bertz CT molecular complexity index is 1010. The molecule has 1 unspecified atom stereocenters. The topological polar surface area (TPSA) is 105 Å². The Kier molecular flexibility index (Phi) is 7.47. The SMILES string of the molecule is COCCCC(NC(=O)OCC1c2ccccc2-c2ccccc21)C(=O)N1CCC[C@H]1C(=O)O. The first-order valence-corrected chi connectivity index (χ1v) is 11.6. The Morgan fingerprint density at radius 2 is 1.74 bits per heavy atom. The Morgan fingerprint density at radius 3 is 2.35 bits per heavy atom. The van der Waals surface area contributed by atoms with Crippen molar-refractivity contribution >= 4 is 18.0 Å². The van der Waals surface area contributed by atoms with Crippen molar-refractivity contribution in [3.63, 3.8) is 0 Å². The van der Waals surface area contributed by atoms with Crippen LogP contribution in [-0.2, 0) is 19.1 Å². The second-order valence-electron chi connectivity index (χ2n) is 8.69. The summed E-state index contributed by atoms with van der Waals surface area (Å²) in [5.74, 6) is -1.51. The summed E-state index contributed by atoms with van der Waals surface area (Å²) in [5, 5.41) is 12.1. The van der Waals surface area contributed by atoms with Crippen LogP contribution in [0, 0.1) is 0 Å². The standard InChI is InChI=1S/C26H30N2O6/c1-33-15-7-12-22(24(29)28-14-6-13-23(28)25(30)31)27-26(32)34-16-21-19-10-4-2-8-17(19)18-9-3-5-11-20(18)21/h2-5,8-11,21-23H,6-7,12-16H2,1H3,(H,27,32)(H,30,31)/t22?,23-/m0/s1. The number of carboxylic acids is 1. The van der Waals surface area contributed by atoms with Crippen molar-refractivity contribution in [2.75, 3.05) is 26.9 Å². The summed E-state index contributed by atoms with van der Waals surface area (Å²) in [4.78, 5) is 38.8. The van der Waals surface area contributed by atoms with Gasteiger partial charge in [-0.3, -0.25) is 4.79 Å². The van der Waals surface area contributed by atoms with Crippen LogP contribution in [0.5, 0.6) is 0 Å². The summed E-state index contributed by atoms with van der Waals surface area (Å²) in [6.07, 6.45) is 1.22. The molecule has 0 aromatic heterocycles. The minimum absolute atomic E-state index is 0.0873. The molecule has 1 aliphatic heterocycles. The van der Waals surface area contributed by atoms with Gasteiger partial charge in [0.15, 0.2) is 0 Å². The van der Waals surface area contributed by atoms with Crippen molar-refractivity contribution in [2.24, 2.45) is 0 Å². The molecule has 1 heterocycles. The Balaban J connectivity index is 1.43. The average molecular weight is 467 g/mol. The van der Waals surface area contributed by atoms with Crippen molar-refractivity contribution in [1.82, 2.24) is 10.2 Å². The zero-order valence-corrected chi connectivity index (χ0v) is 19.2. The van der Waals surface area contributed by atoms with Crippen LogP contribution < -0.4 is 5.32 Å². The number of carbonyl (C=O) groups excluding carboxylic acids is 2. The second-order valence-corrected chi connectivity index (χ2v) is 8.69. The van der Waals surface area contributed by atoms with E-state index in [4.69, 9.17) is 9.47 Å². The number of carbonyl (C=O) groups is 3. The van der Waals surface area contributed by atoms with Crippen molar-refractivity contribution in [2.45, 2.75) is 43.7 Å². The third-order valence-corrected chi connectivity index (χ3v) is 6.60. The Hall–Kier alpha value is -3.39. The van der Waals surface area contributed by atoms with Crippen molar-refractivity contribution in [1.29, 1.82) is 0 Å². The van der Waals surface area contributed by atoms with E-state index in [1.165, 1.54) is 4.90 Å². The van der Waals surface area contributed by atoms with E-state index >= 15 is 0 Å². The first-order valence-electron chi connectivity index (χ1n) is 11.6. The lowest BCUT2D eigenvalue weighted by Crippen LogP contribution is -2.52. The molecule has 2 aliphatic rings. The lowest BCUT2D eigenvalue weighted by atomic mass is 9.98. The number of methoxy groups -OCH3 is 1. The maximum absolute atomic E-state index is 13.1. The van der Waals surface area contributed by atoms with Gasteiger partial charge in [-0.05, 0) is 47.9 Å². The zero-order chi connectivity index (χ0) is 24.1. The first-order chi connectivity index (χ1) is 16.5. The lowest BCUT2D eigenvalue weighted by Gasteiger charge is -2.27. The number of likely N-dealkylation sites (tertiary alicyclic amines) is 1. The highest BCUT2D eigenvalue weighted by atomic mass is 16.5. The molecule has 1 saturated heterocycles. The summed E-state index contributed by atoms with van der Waals surface area (Å²) >= 11 is 0. The molecular weight excluding hydrogens is 436 g/mol. The van der Waals surface area contributed by atoms with Crippen molar-refractivity contribution in [3.8, 4) is 11.1 Å². The lowest BCUT2D eigenvalue weighted by molar-refractivity contribution is -0.149. The molecule has 0 radical (unpaired) electrons. The van der Waals surface area contributed by atoms with Gasteiger partial charge in [-0.25, -0.2) is 9.59 Å². The number of fused-ring (bicyclic) bond motifs is 3. The number of hydrogen-bond donors (Lipinski definition) is 2. The second kappa shape index (κ2) is 10.7. The smallest absolute Gasteiger partial charge is 0.407 e. The zero-order valence-electron chi connectivity index (χ0n) is 19.2. The molecule has 2 N–H and O–H groups in total. The van der Waals surface area contributed by atoms with Crippen LogP contribution in [0.25, 0.3) is 11.1 Å². The molecule has 0 bridgehead atoms. The van der Waals surface area contributed by atoms with Gasteiger partial charge in [0.1, 0.15) is 18.7 Å². The summed E-state index contributed by atoms with van der Waals surface area (Å²) in [6, 6.07) is 14.4. The third kappa shape index (κ3) is 4.92. The molecule has 8 nitrogen and oxygen atoms in total. The van der Waals surface area contributed by atoms with E-state index in [-0.39, 0.29) is 12.5 Å². The molecule has 4 rings (SSSR count). The number of benzene rings is 2. The van der Waals surface area contributed by atoms with Crippen LogP contribution in [0.15, 0.2) is 48.5 Å². The number of ether oxygens (including phenoxy) is 2. The van der Waals surface area contributed by atoms with E-state index in [0.29, 0.717) is 38.8 Å². The van der Waals surface area contributed by atoms with Crippen LogP contribution in [0.3, 0.4) is 0 Å². The fourth-order valence-electron chi connectivity index (χ4n) is 4.96. The molecule has 34 heavy (non-hydrogen) atoms. The number of rotatable bonds is 9. The monoisotopic (exact) mass is 466 g/mol. The van der Waals surface area contributed by atoms with Gasteiger partial charge in [0.25, 0.3) is 0 Å². The predicted octanol–water partition coefficient (Wildman–Crippen LogP) is 3.40. The highest BCUT2D eigenvalue weighted by Gasteiger charge is 2.38. The molecule has 8 heteroatoms. The number of carboxylic acid groups (broad SMARTS) is 1. The highest BCUT2D eigenvalue weighted by molar-refractivity contribution is 5.89. The molecule has 0 saturated carbocycles. The van der Waals surface area contributed by atoms with Crippen LogP contribution in [0.4, 0.5) is 4.79 Å². The molecule has 2 amide bonds. The number of amides is 2. The van der Waals surface area contributed by atoms with E-state index < -0.39 is 30.1 Å². The van der Waals surface area contributed by atoms with Gasteiger partial charge in [-0.2, -0.15) is 0 Å². The van der Waals surface area contributed by atoms with Gasteiger partial charge in [-0.15, -0.1) is 0 Å². The van der Waals surface area contributed by atoms with Crippen LogP contribution in [0.1, 0.15) is 42.7 Å². The maximum atomic E-state index is 13.1. The fourth-order valence-corrected chi connectivity index (χ4v) is 4.96. The third-order valence-electron chi connectivity index (χ3n) is 6.60. The van der Waals surface area contributed by atoms with E-state index in [9.17, 15) is 19.5 Å². The van der Waals surface area contributed by atoms with E-state index in [2.05, 4.69) is 17.4 Å². The summed E-state index contributed by atoms with van der Waals surface area (Å²) in [7, 11) is 1.57. The minimum atomic E-state index is -1.03. The van der Waals surface area contributed by atoms with E-state index in [1.807, 2.05) is 36.4 Å². The van der Waals surface area contributed by atoms with E-state index in [0.717, 1.165) is 22.3 Å². The average Bonchev–Trinajstić information content (AvgIpc) is 3.45. The van der Waals surface area contributed by atoms with Gasteiger partial charge < -0.3 is 24.8 Å².